The van der Waals surface area contributed by atoms with Crippen LogP contribution in [0.2, 0.25) is 0 Å². The van der Waals surface area contributed by atoms with Gasteiger partial charge in [0.15, 0.2) is 5.70 Å². The summed E-state index contributed by atoms with van der Waals surface area (Å²) in [6, 6.07) is -0.844. The summed E-state index contributed by atoms with van der Waals surface area (Å²) in [7, 11) is 2.53. The minimum atomic E-state index is -0.844. The van der Waals surface area contributed by atoms with E-state index in [0.717, 1.165) is 19.1 Å². The number of carbonyl (C=O) groups is 3. The third kappa shape index (κ3) is 11.2. The van der Waals surface area contributed by atoms with Crippen LogP contribution in [0.5, 0.6) is 0 Å². The van der Waals surface area contributed by atoms with Crippen molar-refractivity contribution in [3.63, 3.8) is 0 Å². The molecule has 0 aliphatic rings. The Morgan fingerprint density at radius 3 is 2.36 bits per heavy atom. The molecule has 0 aromatic rings. The Morgan fingerprint density at radius 1 is 1.07 bits per heavy atom. The van der Waals surface area contributed by atoms with Gasteiger partial charge in [0.1, 0.15) is 12.3 Å². The fourth-order valence-electron chi connectivity index (χ4n) is 2.22. The third-order valence-electron chi connectivity index (χ3n) is 3.95. The van der Waals surface area contributed by atoms with Gasteiger partial charge < -0.3 is 20.1 Å². The molecule has 158 valence electrons. The molecule has 0 fully saturated rings. The van der Waals surface area contributed by atoms with E-state index in [1.54, 1.807) is 13.0 Å². The molecule has 0 rings (SSSR count). The highest BCUT2D eigenvalue weighted by atomic mass is 16.5. The smallest absolute Gasteiger partial charge is 0.357 e. The Hall–Kier alpha value is -2.57. The minimum Gasteiger partial charge on any atom is -0.502 e. The van der Waals surface area contributed by atoms with E-state index < -0.39 is 17.9 Å². The molecular formula is C21H34N2O5. The lowest BCUT2D eigenvalue weighted by Crippen LogP contribution is -2.45. The summed E-state index contributed by atoms with van der Waals surface area (Å²) in [5.41, 5.74) is 0.341. The summed E-state index contributed by atoms with van der Waals surface area (Å²) < 4.78 is 9.29. The van der Waals surface area contributed by atoms with Gasteiger partial charge in [0, 0.05) is 5.57 Å². The Balaban J connectivity index is 4.48. The van der Waals surface area contributed by atoms with Gasteiger partial charge in [-0.2, -0.15) is 0 Å². The SMILES string of the molecule is CCCCCCC/C=C\C=C(/C)C(=O)N[C@@H](C)C(=O)N/C(=C/OC)C(=O)OC. The first kappa shape index (κ1) is 25.4. The van der Waals surface area contributed by atoms with Crippen LogP contribution < -0.4 is 10.6 Å². The first-order valence-corrected chi connectivity index (χ1v) is 9.63. The highest BCUT2D eigenvalue weighted by molar-refractivity contribution is 5.99. The molecule has 0 aliphatic carbocycles. The van der Waals surface area contributed by atoms with Crippen LogP contribution in [-0.2, 0) is 23.9 Å². The van der Waals surface area contributed by atoms with Crippen LogP contribution in [0.3, 0.4) is 0 Å². The van der Waals surface area contributed by atoms with E-state index in [2.05, 4.69) is 22.3 Å². The molecule has 0 aromatic carbocycles. The lowest BCUT2D eigenvalue weighted by atomic mass is 10.1. The van der Waals surface area contributed by atoms with Gasteiger partial charge in [-0.1, -0.05) is 50.8 Å². The van der Waals surface area contributed by atoms with E-state index in [4.69, 9.17) is 4.74 Å². The molecule has 0 saturated heterocycles. The van der Waals surface area contributed by atoms with Gasteiger partial charge in [0.2, 0.25) is 11.8 Å². The zero-order valence-electron chi connectivity index (χ0n) is 17.7. The minimum absolute atomic E-state index is 0.148. The number of amides is 2. The van der Waals surface area contributed by atoms with Crippen molar-refractivity contribution >= 4 is 17.8 Å². The monoisotopic (exact) mass is 394 g/mol. The molecule has 7 heteroatoms. The number of unbranched alkanes of at least 4 members (excludes halogenated alkanes) is 5. The number of hydrogen-bond acceptors (Lipinski definition) is 5. The van der Waals surface area contributed by atoms with Crippen LogP contribution >= 0.6 is 0 Å². The molecular weight excluding hydrogens is 360 g/mol. The van der Waals surface area contributed by atoms with E-state index in [0.29, 0.717) is 5.57 Å². The van der Waals surface area contributed by atoms with E-state index in [-0.39, 0.29) is 11.6 Å². The highest BCUT2D eigenvalue weighted by Crippen LogP contribution is 2.05. The van der Waals surface area contributed by atoms with Gasteiger partial charge in [-0.05, 0) is 26.7 Å². The number of rotatable bonds is 13. The predicted molar refractivity (Wildman–Crippen MR) is 109 cm³/mol. The summed E-state index contributed by atoms with van der Waals surface area (Å²) in [6.45, 7) is 5.39. The molecule has 28 heavy (non-hydrogen) atoms. The van der Waals surface area contributed by atoms with Crippen LogP contribution in [0.25, 0.3) is 0 Å². The van der Waals surface area contributed by atoms with Crippen LogP contribution in [0.1, 0.15) is 59.3 Å². The number of esters is 1. The van der Waals surface area contributed by atoms with Crippen molar-refractivity contribution in [2.24, 2.45) is 0 Å². The summed E-state index contributed by atoms with van der Waals surface area (Å²) in [5.74, 6) is -1.66. The fraction of sp³-hybridized carbons (Fsp3) is 0.571. The van der Waals surface area contributed by atoms with Crippen molar-refractivity contribution in [1.82, 2.24) is 10.6 Å². The quantitative estimate of drug-likeness (QED) is 0.165. The van der Waals surface area contributed by atoms with Gasteiger partial charge >= 0.3 is 5.97 Å². The molecule has 0 radical (unpaired) electrons. The molecule has 0 aromatic heterocycles. The van der Waals surface area contributed by atoms with Crippen LogP contribution in [0.4, 0.5) is 0 Å². The van der Waals surface area contributed by atoms with Crippen molar-refractivity contribution in [1.29, 1.82) is 0 Å². The zero-order chi connectivity index (χ0) is 21.4. The molecule has 0 aliphatic heterocycles. The van der Waals surface area contributed by atoms with E-state index in [9.17, 15) is 14.4 Å². The second-order valence-electron chi connectivity index (χ2n) is 6.42. The maximum Gasteiger partial charge on any atom is 0.357 e. The van der Waals surface area contributed by atoms with Crippen LogP contribution in [0, 0.1) is 0 Å². The van der Waals surface area contributed by atoms with Crippen molar-refractivity contribution in [2.45, 2.75) is 65.3 Å². The van der Waals surface area contributed by atoms with E-state index >= 15 is 0 Å². The summed E-state index contributed by atoms with van der Waals surface area (Å²) in [5, 5.41) is 4.95. The molecule has 0 saturated carbocycles. The number of nitrogens with one attached hydrogen (secondary N) is 2. The van der Waals surface area contributed by atoms with Gasteiger partial charge in [0.05, 0.1) is 14.2 Å². The highest BCUT2D eigenvalue weighted by Gasteiger charge is 2.20. The molecule has 1 atom stereocenters. The Morgan fingerprint density at radius 2 is 1.75 bits per heavy atom. The molecule has 0 spiro atoms. The Labute approximate surface area is 168 Å². The molecule has 0 unspecified atom stereocenters. The number of methoxy groups -OCH3 is 2. The average Bonchev–Trinajstić information content (AvgIpc) is 2.68. The van der Waals surface area contributed by atoms with Crippen molar-refractivity contribution in [3.8, 4) is 0 Å². The third-order valence-corrected chi connectivity index (χ3v) is 3.95. The topological polar surface area (TPSA) is 93.7 Å². The second-order valence-corrected chi connectivity index (χ2v) is 6.42. The molecule has 2 amide bonds. The normalized spacial score (nSPS) is 13.2. The van der Waals surface area contributed by atoms with Gasteiger partial charge in [-0.25, -0.2) is 4.79 Å². The molecule has 0 bridgehead atoms. The maximum absolute atomic E-state index is 12.2. The zero-order valence-corrected chi connectivity index (χ0v) is 17.7. The standard InChI is InChI=1S/C21H34N2O5/c1-6-7-8-9-10-11-12-13-14-16(2)19(24)22-17(3)20(25)23-18(15-27-4)21(26)28-5/h12-15,17H,6-11H2,1-5H3,(H,22,24)(H,23,25)/b13-12-,16-14+,18-15+/t17-/m0/s1. The van der Waals surface area contributed by atoms with Crippen LogP contribution in [0.15, 0.2) is 35.8 Å². The fourth-order valence-corrected chi connectivity index (χ4v) is 2.22. The summed E-state index contributed by atoms with van der Waals surface area (Å²) in [4.78, 5) is 35.9. The number of allylic oxidation sites excluding steroid dienone is 3. The van der Waals surface area contributed by atoms with Crippen molar-refractivity contribution in [2.75, 3.05) is 14.2 Å². The maximum atomic E-state index is 12.2. The first-order chi connectivity index (χ1) is 13.4. The van der Waals surface area contributed by atoms with E-state index in [1.165, 1.54) is 46.8 Å². The average molecular weight is 395 g/mol. The number of carbonyl (C=O) groups excluding carboxylic acids is 3. The van der Waals surface area contributed by atoms with Gasteiger partial charge in [0.25, 0.3) is 0 Å². The summed E-state index contributed by atoms with van der Waals surface area (Å²) in [6.07, 6.45) is 13.8. The number of hydrogen-bond donors (Lipinski definition) is 2. The predicted octanol–water partition coefficient (Wildman–Crippen LogP) is 3.13. The van der Waals surface area contributed by atoms with Crippen molar-refractivity contribution in [3.05, 3.63) is 35.8 Å². The molecule has 7 nitrogen and oxygen atoms in total. The van der Waals surface area contributed by atoms with Gasteiger partial charge in [-0.15, -0.1) is 0 Å². The summed E-state index contributed by atoms with van der Waals surface area (Å²) >= 11 is 0. The first-order valence-electron chi connectivity index (χ1n) is 9.63. The lowest BCUT2D eigenvalue weighted by molar-refractivity contribution is -0.138. The van der Waals surface area contributed by atoms with Crippen LogP contribution in [-0.4, -0.2) is 38.0 Å². The molecule has 2 N–H and O–H groups in total. The number of ether oxygens (including phenoxy) is 2. The van der Waals surface area contributed by atoms with Gasteiger partial charge in [-0.3, -0.25) is 9.59 Å². The largest absolute Gasteiger partial charge is 0.502 e. The molecule has 0 heterocycles. The Bertz CT molecular complexity index is 594. The lowest BCUT2D eigenvalue weighted by Gasteiger charge is -2.15. The second kappa shape index (κ2) is 15.5. The van der Waals surface area contributed by atoms with E-state index in [1.807, 2.05) is 12.2 Å². The van der Waals surface area contributed by atoms with Crippen molar-refractivity contribution < 1.29 is 23.9 Å². The Kier molecular flexibility index (Phi) is 14.1.